The van der Waals surface area contributed by atoms with Crippen LogP contribution in [0.4, 0.5) is 0 Å². The molecule has 0 aliphatic carbocycles. The van der Waals surface area contributed by atoms with E-state index in [0.29, 0.717) is 5.56 Å². The summed E-state index contributed by atoms with van der Waals surface area (Å²) in [6.07, 6.45) is 0. The molecule has 1 N–H and O–H groups in total. The van der Waals surface area contributed by atoms with Gasteiger partial charge in [0.25, 0.3) is 17.7 Å². The molecule has 8 nitrogen and oxygen atoms in total. The summed E-state index contributed by atoms with van der Waals surface area (Å²) >= 11 is 0. The van der Waals surface area contributed by atoms with Gasteiger partial charge in [-0.2, -0.15) is 0 Å². The van der Waals surface area contributed by atoms with Gasteiger partial charge in [-0.3, -0.25) is 14.4 Å². The highest BCUT2D eigenvalue weighted by atomic mass is 32.2. The minimum atomic E-state index is -4.23. The van der Waals surface area contributed by atoms with Gasteiger partial charge in [-0.15, -0.1) is 0 Å². The first-order valence-corrected chi connectivity index (χ1v) is 13.1. The number of hydrogen-bond donors (Lipinski definition) is 1. The Labute approximate surface area is 210 Å². The van der Waals surface area contributed by atoms with Crippen LogP contribution in [0.2, 0.25) is 0 Å². The van der Waals surface area contributed by atoms with Crippen LogP contribution >= 0.6 is 0 Å². The van der Waals surface area contributed by atoms with Gasteiger partial charge in [0.2, 0.25) is 15.2 Å². The number of hydrogen-bond acceptors (Lipinski definition) is 5. The Morgan fingerprint density at radius 2 is 1.25 bits per heavy atom. The van der Waals surface area contributed by atoms with E-state index >= 15 is 0 Å². The highest BCUT2D eigenvalue weighted by Crippen LogP contribution is 2.19. The van der Waals surface area contributed by atoms with Gasteiger partial charge in [-0.05, 0) is 43.3 Å². The second-order valence-electron chi connectivity index (χ2n) is 8.56. The van der Waals surface area contributed by atoms with Gasteiger partial charge in [0.15, 0.2) is 0 Å². The topological polar surface area (TPSA) is 104 Å². The second-order valence-corrected chi connectivity index (χ2v) is 10.6. The van der Waals surface area contributed by atoms with E-state index in [9.17, 15) is 22.8 Å². The van der Waals surface area contributed by atoms with Gasteiger partial charge >= 0.3 is 0 Å². The van der Waals surface area contributed by atoms with E-state index in [4.69, 9.17) is 0 Å². The zero-order valence-corrected chi connectivity index (χ0v) is 20.6. The number of rotatable bonds is 6. The molecule has 4 rings (SSSR count). The molecule has 186 valence electrons. The van der Waals surface area contributed by atoms with Crippen molar-refractivity contribution in [1.29, 1.82) is 0 Å². The number of sulfone groups is 1. The highest BCUT2D eigenvalue weighted by Gasteiger charge is 2.39. The summed E-state index contributed by atoms with van der Waals surface area (Å²) in [4.78, 5) is 42.1. The third-order valence-corrected chi connectivity index (χ3v) is 7.95. The van der Waals surface area contributed by atoms with Crippen molar-refractivity contribution in [2.75, 3.05) is 26.2 Å². The van der Waals surface area contributed by atoms with E-state index in [1.165, 1.54) is 17.0 Å². The van der Waals surface area contributed by atoms with Crippen LogP contribution in [-0.4, -0.2) is 67.5 Å². The molecule has 1 aliphatic rings. The Hall–Kier alpha value is -3.98. The number of nitrogens with one attached hydrogen (secondary N) is 1. The molecule has 9 heteroatoms. The summed E-state index contributed by atoms with van der Waals surface area (Å²) < 4.78 is 26.9. The number of carbonyl (C=O) groups is 3. The van der Waals surface area contributed by atoms with Crippen LogP contribution in [0.1, 0.15) is 26.3 Å². The molecule has 0 aromatic heterocycles. The molecule has 0 saturated carbocycles. The van der Waals surface area contributed by atoms with Crippen LogP contribution in [-0.2, 0) is 14.6 Å². The maximum absolute atomic E-state index is 13.5. The predicted molar refractivity (Wildman–Crippen MR) is 135 cm³/mol. The van der Waals surface area contributed by atoms with Gasteiger partial charge < -0.3 is 15.1 Å². The van der Waals surface area contributed by atoms with Crippen molar-refractivity contribution in [2.45, 2.75) is 17.2 Å². The van der Waals surface area contributed by atoms with Crippen LogP contribution in [0.25, 0.3) is 0 Å². The molecule has 1 aliphatic heterocycles. The average molecular weight is 506 g/mol. The molecule has 1 heterocycles. The molecule has 1 fully saturated rings. The average Bonchev–Trinajstić information content (AvgIpc) is 2.92. The summed E-state index contributed by atoms with van der Waals surface area (Å²) in [5.41, 5.74) is 1.84. The zero-order chi connectivity index (χ0) is 25.7. The fourth-order valence-corrected chi connectivity index (χ4v) is 5.47. The fourth-order valence-electron chi connectivity index (χ4n) is 3.98. The molecule has 0 unspecified atom stereocenters. The number of piperazine rings is 1. The molecule has 3 aromatic carbocycles. The lowest BCUT2D eigenvalue weighted by Crippen LogP contribution is -2.57. The van der Waals surface area contributed by atoms with Crippen molar-refractivity contribution in [3.8, 4) is 0 Å². The van der Waals surface area contributed by atoms with Crippen molar-refractivity contribution in [1.82, 2.24) is 15.1 Å². The lowest BCUT2D eigenvalue weighted by atomic mass is 10.1. The smallest absolute Gasteiger partial charge is 0.261 e. The van der Waals surface area contributed by atoms with Crippen molar-refractivity contribution < 1.29 is 22.8 Å². The zero-order valence-electron chi connectivity index (χ0n) is 19.8. The van der Waals surface area contributed by atoms with Gasteiger partial charge in [0.1, 0.15) is 0 Å². The summed E-state index contributed by atoms with van der Waals surface area (Å²) in [7, 11) is -4.23. The van der Waals surface area contributed by atoms with Crippen LogP contribution in [0.3, 0.4) is 0 Å². The molecule has 36 heavy (non-hydrogen) atoms. The number of nitrogens with zero attached hydrogens (tertiary/aromatic N) is 2. The van der Waals surface area contributed by atoms with E-state index in [1.807, 2.05) is 19.1 Å². The van der Waals surface area contributed by atoms with Crippen molar-refractivity contribution in [3.05, 3.63) is 102 Å². The Balaban J connectivity index is 1.53. The number of benzene rings is 3. The Bertz CT molecular complexity index is 1340. The van der Waals surface area contributed by atoms with Crippen molar-refractivity contribution >= 4 is 27.6 Å². The minimum Gasteiger partial charge on any atom is -0.336 e. The summed E-state index contributed by atoms with van der Waals surface area (Å²) in [5, 5.41) is 0.636. The molecule has 0 spiro atoms. The molecule has 0 bridgehead atoms. The summed E-state index contributed by atoms with van der Waals surface area (Å²) in [5.74, 6) is -1.54. The number of amides is 3. The minimum absolute atomic E-state index is 0.0649. The van der Waals surface area contributed by atoms with E-state index in [1.54, 1.807) is 65.6 Å². The van der Waals surface area contributed by atoms with Gasteiger partial charge in [0.05, 0.1) is 4.90 Å². The molecule has 0 radical (unpaired) electrons. The van der Waals surface area contributed by atoms with Gasteiger partial charge in [0, 0.05) is 37.3 Å². The summed E-state index contributed by atoms with van der Waals surface area (Å²) in [6.45, 7) is 2.75. The van der Waals surface area contributed by atoms with Crippen LogP contribution < -0.4 is 5.32 Å². The van der Waals surface area contributed by atoms with Gasteiger partial charge in [-0.1, -0.05) is 54.1 Å². The molecule has 1 saturated heterocycles. The molecule has 1 atom stereocenters. The first-order valence-electron chi connectivity index (χ1n) is 11.6. The maximum Gasteiger partial charge on any atom is 0.261 e. The third kappa shape index (κ3) is 5.46. The van der Waals surface area contributed by atoms with Crippen LogP contribution in [0.5, 0.6) is 0 Å². The molecular formula is C27H27N3O5S. The SMILES string of the molecule is Cc1ccc(C(=O)N2CCN(C(=O)[C@@H](NC(=O)c3ccccc3)S(=O)(=O)c3ccccc3)CC2)cc1. The van der Waals surface area contributed by atoms with Crippen LogP contribution in [0.15, 0.2) is 89.8 Å². The second kappa shape index (κ2) is 10.7. The third-order valence-electron chi connectivity index (χ3n) is 6.08. The Kier molecular flexibility index (Phi) is 7.49. The lowest BCUT2D eigenvalue weighted by Gasteiger charge is -2.36. The maximum atomic E-state index is 13.5. The normalized spacial score (nSPS) is 14.7. The van der Waals surface area contributed by atoms with E-state index in [0.717, 1.165) is 5.56 Å². The Morgan fingerprint density at radius 1 is 0.722 bits per heavy atom. The first-order chi connectivity index (χ1) is 17.3. The van der Waals surface area contributed by atoms with Crippen molar-refractivity contribution in [2.24, 2.45) is 0 Å². The number of aryl methyl sites for hydroxylation is 1. The van der Waals surface area contributed by atoms with E-state index in [2.05, 4.69) is 5.32 Å². The van der Waals surface area contributed by atoms with Gasteiger partial charge in [-0.25, -0.2) is 8.42 Å². The van der Waals surface area contributed by atoms with Crippen molar-refractivity contribution in [3.63, 3.8) is 0 Å². The van der Waals surface area contributed by atoms with E-state index < -0.39 is 27.0 Å². The Morgan fingerprint density at radius 3 is 1.83 bits per heavy atom. The lowest BCUT2D eigenvalue weighted by molar-refractivity contribution is -0.132. The van der Waals surface area contributed by atoms with E-state index in [-0.39, 0.29) is 42.5 Å². The molecule has 3 aromatic rings. The molecule has 3 amide bonds. The standard InChI is InChI=1S/C27H27N3O5S/c1-20-12-14-22(15-13-20)26(32)29-16-18-30(19-17-29)27(33)25(28-24(31)21-8-4-2-5-9-21)36(34,35)23-10-6-3-7-11-23/h2-15,25H,16-19H2,1H3,(H,28,31)/t25-/m0/s1. The summed E-state index contributed by atoms with van der Waals surface area (Å²) in [6, 6.07) is 22.9. The monoisotopic (exact) mass is 505 g/mol. The largest absolute Gasteiger partial charge is 0.336 e. The highest BCUT2D eigenvalue weighted by molar-refractivity contribution is 7.92. The fraction of sp³-hybridized carbons (Fsp3) is 0.222. The first kappa shape index (κ1) is 25.1. The quantitative estimate of drug-likeness (QED) is 0.555. The number of carbonyl (C=O) groups excluding carboxylic acids is 3. The van der Waals surface area contributed by atoms with Crippen LogP contribution in [0, 0.1) is 6.92 Å². The molecular weight excluding hydrogens is 478 g/mol. The predicted octanol–water partition coefficient (Wildman–Crippen LogP) is 2.51.